The van der Waals surface area contributed by atoms with E-state index in [1.165, 1.54) is 19.9 Å². The molecular formula is C21H31F3O4. The van der Waals surface area contributed by atoms with E-state index in [4.69, 9.17) is 5.11 Å². The van der Waals surface area contributed by atoms with Crippen LogP contribution >= 0.6 is 0 Å². The number of halogens is 3. The lowest BCUT2D eigenvalue weighted by molar-refractivity contribution is -0.142. The van der Waals surface area contributed by atoms with Crippen molar-refractivity contribution in [3.63, 3.8) is 0 Å². The summed E-state index contributed by atoms with van der Waals surface area (Å²) in [7, 11) is 0. The Bertz CT molecular complexity index is 671. The zero-order valence-corrected chi connectivity index (χ0v) is 17.8. The summed E-state index contributed by atoms with van der Waals surface area (Å²) in [6, 6.07) is 3.90. The van der Waals surface area contributed by atoms with Gasteiger partial charge in [-0.3, -0.25) is 9.59 Å². The molecule has 0 heterocycles. The molecule has 0 aliphatic carbocycles. The highest BCUT2D eigenvalue weighted by Gasteiger charge is 2.35. The molecule has 0 amide bonds. The van der Waals surface area contributed by atoms with E-state index in [1.54, 1.807) is 6.07 Å². The summed E-state index contributed by atoms with van der Waals surface area (Å²) in [5.41, 5.74) is -0.937. The van der Waals surface area contributed by atoms with Crippen LogP contribution in [-0.4, -0.2) is 22.6 Å². The van der Waals surface area contributed by atoms with Crippen molar-refractivity contribution in [3.8, 4) is 0 Å². The van der Waals surface area contributed by atoms with E-state index in [-0.39, 0.29) is 23.2 Å². The molecule has 0 fully saturated rings. The van der Waals surface area contributed by atoms with E-state index >= 15 is 0 Å². The van der Waals surface area contributed by atoms with Crippen molar-refractivity contribution in [1.82, 2.24) is 0 Å². The quantitative estimate of drug-likeness (QED) is 0.633. The van der Waals surface area contributed by atoms with Crippen LogP contribution in [0.15, 0.2) is 18.2 Å². The number of hydrogen-bond acceptors (Lipinski definition) is 3. The number of carboxylic acid groups (broad SMARTS) is 1. The Kier molecular flexibility index (Phi) is 11.6. The van der Waals surface area contributed by atoms with Crippen molar-refractivity contribution in [1.29, 1.82) is 0 Å². The molecule has 1 rings (SSSR count). The summed E-state index contributed by atoms with van der Waals surface area (Å²) in [6.07, 6.45) is -4.36. The van der Waals surface area contributed by atoms with Gasteiger partial charge in [-0.05, 0) is 30.9 Å². The second-order valence-electron chi connectivity index (χ2n) is 7.21. The molecule has 0 aromatic heterocycles. The van der Waals surface area contributed by atoms with Crippen molar-refractivity contribution in [2.75, 3.05) is 0 Å². The fraction of sp³-hybridized carbons (Fsp3) is 0.571. The molecule has 0 aliphatic heterocycles. The van der Waals surface area contributed by atoms with Gasteiger partial charge in [-0.15, -0.1) is 0 Å². The maximum absolute atomic E-state index is 12.8. The summed E-state index contributed by atoms with van der Waals surface area (Å²) in [5.74, 6) is -2.10. The lowest BCUT2D eigenvalue weighted by atomic mass is 9.84. The summed E-state index contributed by atoms with van der Waals surface area (Å²) >= 11 is 0. The first-order valence-corrected chi connectivity index (χ1v) is 9.02. The zero-order chi connectivity index (χ0) is 22.9. The van der Waals surface area contributed by atoms with E-state index in [0.717, 1.165) is 13.0 Å². The maximum atomic E-state index is 12.8. The van der Waals surface area contributed by atoms with Gasteiger partial charge in [0.2, 0.25) is 0 Å². The molecular weight excluding hydrogens is 373 g/mol. The summed E-state index contributed by atoms with van der Waals surface area (Å²) in [5, 5.41) is 8.28. The highest BCUT2D eigenvalue weighted by Crippen LogP contribution is 2.35. The molecule has 4 nitrogen and oxygen atoms in total. The fourth-order valence-corrected chi connectivity index (χ4v) is 2.07. The van der Waals surface area contributed by atoms with Crippen LogP contribution < -0.4 is 0 Å². The van der Waals surface area contributed by atoms with Gasteiger partial charge in [-0.25, -0.2) is 0 Å². The third-order valence-corrected chi connectivity index (χ3v) is 3.59. The normalized spacial score (nSPS) is 12.0. The number of alkyl halides is 3. The third-order valence-electron chi connectivity index (χ3n) is 3.59. The number of carbonyl (C=O) groups is 3. The third kappa shape index (κ3) is 10.2. The number of aliphatic carboxylic acids is 1. The second-order valence-corrected chi connectivity index (χ2v) is 7.21. The molecule has 28 heavy (non-hydrogen) atoms. The van der Waals surface area contributed by atoms with Crippen LogP contribution in [0.4, 0.5) is 13.2 Å². The van der Waals surface area contributed by atoms with Crippen LogP contribution in [0.3, 0.4) is 0 Å². The van der Waals surface area contributed by atoms with Gasteiger partial charge in [0.05, 0.1) is 11.5 Å². The molecule has 7 heteroatoms. The first-order chi connectivity index (χ1) is 12.6. The lowest BCUT2D eigenvalue weighted by Crippen LogP contribution is -2.17. The van der Waals surface area contributed by atoms with Gasteiger partial charge >= 0.3 is 12.1 Å². The van der Waals surface area contributed by atoms with E-state index < -0.39 is 29.4 Å². The van der Waals surface area contributed by atoms with Gasteiger partial charge in [0, 0.05) is 12.0 Å². The molecule has 160 valence electrons. The summed E-state index contributed by atoms with van der Waals surface area (Å²) in [4.78, 5) is 31.6. The van der Waals surface area contributed by atoms with E-state index in [9.17, 15) is 27.6 Å². The minimum absolute atomic E-state index is 0.0788. The van der Waals surface area contributed by atoms with E-state index in [1.807, 2.05) is 34.6 Å². The number of carboxylic acids is 1. The summed E-state index contributed by atoms with van der Waals surface area (Å²) < 4.78 is 38.5. The van der Waals surface area contributed by atoms with Gasteiger partial charge in [-0.1, -0.05) is 53.7 Å². The monoisotopic (exact) mass is 404 g/mol. The Labute approximate surface area is 165 Å². The van der Waals surface area contributed by atoms with Crippen LogP contribution in [-0.2, 0) is 21.2 Å². The van der Waals surface area contributed by atoms with Crippen molar-refractivity contribution >= 4 is 17.5 Å². The van der Waals surface area contributed by atoms with Crippen LogP contribution in [0.25, 0.3) is 0 Å². The largest absolute Gasteiger partial charge is 0.481 e. The number of ketones is 2. The smallest absolute Gasteiger partial charge is 0.417 e. The Hall–Kier alpha value is -2.18. The van der Waals surface area contributed by atoms with Gasteiger partial charge in [-0.2, -0.15) is 13.2 Å². The molecule has 0 bridgehead atoms. The van der Waals surface area contributed by atoms with Crippen LogP contribution in [0, 0.1) is 5.92 Å². The Balaban J connectivity index is 0. The number of hydrogen-bond donors (Lipinski definition) is 1. The predicted molar refractivity (Wildman–Crippen MR) is 104 cm³/mol. The van der Waals surface area contributed by atoms with Crippen molar-refractivity contribution in [2.45, 2.75) is 73.4 Å². The number of benzene rings is 1. The van der Waals surface area contributed by atoms with Crippen LogP contribution in [0.2, 0.25) is 0 Å². The minimum atomic E-state index is -4.50. The van der Waals surface area contributed by atoms with Gasteiger partial charge in [0.25, 0.3) is 0 Å². The number of rotatable bonds is 4. The molecule has 0 aliphatic rings. The summed E-state index contributed by atoms with van der Waals surface area (Å²) in [6.45, 7) is 13.5. The molecule has 1 atom stereocenters. The molecule has 0 saturated carbocycles. The number of carbonyl (C=O) groups excluding carboxylic acids is 2. The molecule has 1 aromatic carbocycles. The maximum Gasteiger partial charge on any atom is 0.417 e. The first-order valence-electron chi connectivity index (χ1n) is 9.02. The van der Waals surface area contributed by atoms with Gasteiger partial charge in [0.15, 0.2) is 5.78 Å². The molecule has 0 saturated heterocycles. The molecule has 1 aromatic rings. The Morgan fingerprint density at radius 2 is 1.50 bits per heavy atom. The molecule has 0 radical (unpaired) electrons. The van der Waals surface area contributed by atoms with Crippen molar-refractivity contribution in [3.05, 3.63) is 34.9 Å². The topological polar surface area (TPSA) is 71.4 Å². The van der Waals surface area contributed by atoms with Crippen molar-refractivity contribution < 1.29 is 32.7 Å². The van der Waals surface area contributed by atoms with Gasteiger partial charge < -0.3 is 9.90 Å². The minimum Gasteiger partial charge on any atom is -0.481 e. The Morgan fingerprint density at radius 1 is 1.04 bits per heavy atom. The second kappa shape index (κ2) is 11.6. The van der Waals surface area contributed by atoms with E-state index in [0.29, 0.717) is 5.56 Å². The average Bonchev–Trinajstić information content (AvgIpc) is 2.54. The lowest BCUT2D eigenvalue weighted by Gasteiger charge is -2.21. The molecule has 0 unspecified atom stereocenters. The van der Waals surface area contributed by atoms with Crippen LogP contribution in [0.1, 0.15) is 83.3 Å². The first kappa shape index (κ1) is 28.0. The van der Waals surface area contributed by atoms with Crippen molar-refractivity contribution in [2.24, 2.45) is 5.92 Å². The fourth-order valence-electron chi connectivity index (χ4n) is 2.07. The SMILES string of the molecule is CC.CC(=O)C[C@H](C)C(=O)O.CC(=O)c1ccc(C(C)(C)C)cc1C(F)(F)F. The molecule has 1 N–H and O–H groups in total. The predicted octanol–water partition coefficient (Wildman–Crippen LogP) is 5.92. The standard InChI is InChI=1S/C13H15F3O.C6H10O3.C2H6/c1-8(17)10-6-5-9(12(2,3)4)7-11(10)13(14,15)16;1-4(6(8)9)3-5(2)7;1-2/h5-7H,1-4H3;4H,3H2,1-2H3,(H,8,9);1-2H3/t;4-;/m.0./s1. The van der Waals surface area contributed by atoms with E-state index in [2.05, 4.69) is 0 Å². The number of Topliss-reactive ketones (excluding diaryl/α,β-unsaturated/α-hetero) is 2. The van der Waals surface area contributed by atoms with Gasteiger partial charge in [0.1, 0.15) is 5.78 Å². The zero-order valence-electron chi connectivity index (χ0n) is 17.8. The Morgan fingerprint density at radius 3 is 1.75 bits per heavy atom. The average molecular weight is 404 g/mol. The highest BCUT2D eigenvalue weighted by molar-refractivity contribution is 5.95. The highest BCUT2D eigenvalue weighted by atomic mass is 19.4. The van der Waals surface area contributed by atoms with Crippen LogP contribution in [0.5, 0.6) is 0 Å². The molecule has 0 spiro atoms.